The smallest absolute Gasteiger partial charge is 0.0502 e. The molecular formula is C12H18ClNO. The zero-order chi connectivity index (χ0) is 11.3. The molecule has 0 aliphatic carbocycles. The molecule has 0 saturated carbocycles. The molecular weight excluding hydrogens is 210 g/mol. The molecule has 0 aliphatic rings. The van der Waals surface area contributed by atoms with Crippen molar-refractivity contribution in [1.82, 2.24) is 0 Å². The highest BCUT2D eigenvalue weighted by Gasteiger charge is 2.26. The molecule has 0 heterocycles. The summed E-state index contributed by atoms with van der Waals surface area (Å²) in [5, 5.41) is 10.2. The monoisotopic (exact) mass is 227 g/mol. The zero-order valence-corrected chi connectivity index (χ0v) is 9.80. The van der Waals surface area contributed by atoms with Crippen LogP contribution in [0.15, 0.2) is 24.3 Å². The fraction of sp³-hybridized carbons (Fsp3) is 0.500. The first-order chi connectivity index (χ1) is 7.17. The van der Waals surface area contributed by atoms with Crippen molar-refractivity contribution in [2.45, 2.75) is 19.8 Å². The molecule has 1 unspecified atom stereocenters. The van der Waals surface area contributed by atoms with Crippen molar-refractivity contribution >= 4 is 11.6 Å². The number of nitrogens with two attached hydrogens (primary N) is 1. The average Bonchev–Trinajstić information content (AvgIpc) is 2.29. The van der Waals surface area contributed by atoms with Gasteiger partial charge in [-0.05, 0) is 24.5 Å². The molecule has 15 heavy (non-hydrogen) atoms. The van der Waals surface area contributed by atoms with Crippen LogP contribution in [0.2, 0.25) is 5.02 Å². The molecule has 0 spiro atoms. The van der Waals surface area contributed by atoms with E-state index in [1.165, 1.54) is 0 Å². The Hall–Kier alpha value is -0.570. The van der Waals surface area contributed by atoms with Gasteiger partial charge in [0.2, 0.25) is 0 Å². The molecule has 3 heteroatoms. The lowest BCUT2D eigenvalue weighted by molar-refractivity contribution is 0.127. The molecule has 0 fully saturated rings. The van der Waals surface area contributed by atoms with Crippen molar-refractivity contribution in [3.05, 3.63) is 34.9 Å². The summed E-state index contributed by atoms with van der Waals surface area (Å²) >= 11 is 6.08. The highest BCUT2D eigenvalue weighted by atomic mass is 35.5. The third kappa shape index (κ3) is 2.94. The Morgan fingerprint density at radius 3 is 2.53 bits per heavy atom. The highest BCUT2D eigenvalue weighted by molar-refractivity contribution is 6.31. The maximum atomic E-state index is 9.41. The molecule has 1 atom stereocenters. The summed E-state index contributed by atoms with van der Waals surface area (Å²) in [4.78, 5) is 0. The first-order valence-electron chi connectivity index (χ1n) is 5.22. The van der Waals surface area contributed by atoms with E-state index in [1.54, 1.807) is 0 Å². The van der Waals surface area contributed by atoms with Crippen LogP contribution >= 0.6 is 11.6 Å². The van der Waals surface area contributed by atoms with Crippen LogP contribution in [0.1, 0.15) is 18.9 Å². The minimum atomic E-state index is -0.231. The van der Waals surface area contributed by atoms with Gasteiger partial charge in [0.05, 0.1) is 6.61 Å². The lowest BCUT2D eigenvalue weighted by atomic mass is 9.80. The third-order valence-electron chi connectivity index (χ3n) is 3.04. The van der Waals surface area contributed by atoms with E-state index in [-0.39, 0.29) is 12.0 Å². The van der Waals surface area contributed by atoms with Gasteiger partial charge in [0.15, 0.2) is 0 Å². The molecule has 1 rings (SSSR count). The van der Waals surface area contributed by atoms with Crippen molar-refractivity contribution in [3.63, 3.8) is 0 Å². The van der Waals surface area contributed by atoms with Crippen LogP contribution in [0.25, 0.3) is 0 Å². The van der Waals surface area contributed by atoms with Crippen molar-refractivity contribution in [2.24, 2.45) is 11.1 Å². The zero-order valence-electron chi connectivity index (χ0n) is 9.04. The lowest BCUT2D eigenvalue weighted by Crippen LogP contribution is -2.35. The molecule has 0 amide bonds. The summed E-state index contributed by atoms with van der Waals surface area (Å²) in [5.74, 6) is 0. The largest absolute Gasteiger partial charge is 0.396 e. The number of halogens is 1. The summed E-state index contributed by atoms with van der Waals surface area (Å²) in [7, 11) is 0. The number of benzene rings is 1. The summed E-state index contributed by atoms with van der Waals surface area (Å²) in [5.41, 5.74) is 6.55. The average molecular weight is 228 g/mol. The SMILES string of the molecule is CCC(CN)(CO)Cc1ccccc1Cl. The van der Waals surface area contributed by atoms with Crippen molar-refractivity contribution in [2.75, 3.05) is 13.2 Å². The van der Waals surface area contributed by atoms with Gasteiger partial charge in [0, 0.05) is 17.0 Å². The Kier molecular flexibility index (Phi) is 4.58. The van der Waals surface area contributed by atoms with Crippen molar-refractivity contribution < 1.29 is 5.11 Å². The van der Waals surface area contributed by atoms with E-state index in [9.17, 15) is 5.11 Å². The summed E-state index contributed by atoms with van der Waals surface area (Å²) in [6, 6.07) is 7.71. The number of aliphatic hydroxyl groups is 1. The maximum absolute atomic E-state index is 9.41. The standard InChI is InChI=1S/C12H18ClNO/c1-2-12(8-14,9-15)7-10-5-3-4-6-11(10)13/h3-6,15H,2,7-9,14H2,1H3. The van der Waals surface area contributed by atoms with Crippen molar-refractivity contribution in [3.8, 4) is 0 Å². The number of hydrogen-bond acceptors (Lipinski definition) is 2. The van der Waals surface area contributed by atoms with E-state index >= 15 is 0 Å². The Morgan fingerprint density at radius 1 is 1.40 bits per heavy atom. The van der Waals surface area contributed by atoms with Gasteiger partial charge in [-0.3, -0.25) is 0 Å². The van der Waals surface area contributed by atoms with Gasteiger partial charge >= 0.3 is 0 Å². The molecule has 0 radical (unpaired) electrons. The summed E-state index contributed by atoms with van der Waals surface area (Å²) < 4.78 is 0. The van der Waals surface area contributed by atoms with Gasteiger partial charge in [-0.1, -0.05) is 36.7 Å². The van der Waals surface area contributed by atoms with Gasteiger partial charge in [-0.15, -0.1) is 0 Å². The Bertz CT molecular complexity index is 302. The van der Waals surface area contributed by atoms with Gasteiger partial charge in [-0.25, -0.2) is 0 Å². The molecule has 0 aliphatic heterocycles. The number of rotatable bonds is 5. The van der Waals surface area contributed by atoms with Gasteiger partial charge in [0.25, 0.3) is 0 Å². The van der Waals surface area contributed by atoms with Crippen LogP contribution in [0.3, 0.4) is 0 Å². The fourth-order valence-electron chi connectivity index (χ4n) is 1.62. The second-order valence-corrected chi connectivity index (χ2v) is 4.39. The molecule has 0 bridgehead atoms. The summed E-state index contributed by atoms with van der Waals surface area (Å²) in [6.45, 7) is 2.62. The molecule has 1 aromatic carbocycles. The number of hydrogen-bond donors (Lipinski definition) is 2. The first kappa shape index (κ1) is 12.5. The van der Waals surface area contributed by atoms with Gasteiger partial charge in [-0.2, -0.15) is 0 Å². The van der Waals surface area contributed by atoms with Gasteiger partial charge in [0.1, 0.15) is 0 Å². The van der Waals surface area contributed by atoms with E-state index in [0.29, 0.717) is 6.54 Å². The molecule has 0 saturated heterocycles. The van der Waals surface area contributed by atoms with E-state index < -0.39 is 0 Å². The molecule has 3 N–H and O–H groups in total. The highest BCUT2D eigenvalue weighted by Crippen LogP contribution is 2.28. The second kappa shape index (κ2) is 5.50. The topological polar surface area (TPSA) is 46.2 Å². The minimum absolute atomic E-state index is 0.102. The molecule has 1 aromatic rings. The van der Waals surface area contributed by atoms with Crippen molar-refractivity contribution in [1.29, 1.82) is 0 Å². The molecule has 0 aromatic heterocycles. The van der Waals surface area contributed by atoms with Crippen LogP contribution in [-0.2, 0) is 6.42 Å². The Labute approximate surface area is 96.1 Å². The van der Waals surface area contributed by atoms with Crippen LogP contribution in [0, 0.1) is 5.41 Å². The third-order valence-corrected chi connectivity index (χ3v) is 3.41. The molecule has 2 nitrogen and oxygen atoms in total. The van der Waals surface area contributed by atoms with Gasteiger partial charge < -0.3 is 10.8 Å². The second-order valence-electron chi connectivity index (χ2n) is 3.98. The normalized spacial score (nSPS) is 14.9. The Balaban J connectivity index is 2.88. The quantitative estimate of drug-likeness (QED) is 0.811. The van der Waals surface area contributed by atoms with Crippen LogP contribution < -0.4 is 5.73 Å². The van der Waals surface area contributed by atoms with E-state index in [0.717, 1.165) is 23.4 Å². The minimum Gasteiger partial charge on any atom is -0.396 e. The fourth-order valence-corrected chi connectivity index (χ4v) is 1.82. The van der Waals surface area contributed by atoms with Crippen LogP contribution in [0.5, 0.6) is 0 Å². The predicted molar refractivity (Wildman–Crippen MR) is 64.0 cm³/mol. The Morgan fingerprint density at radius 2 is 2.07 bits per heavy atom. The number of aliphatic hydroxyl groups excluding tert-OH is 1. The van der Waals surface area contributed by atoms with E-state index in [4.69, 9.17) is 17.3 Å². The summed E-state index contributed by atoms with van der Waals surface area (Å²) in [6.07, 6.45) is 1.58. The first-order valence-corrected chi connectivity index (χ1v) is 5.59. The predicted octanol–water partition coefficient (Wildman–Crippen LogP) is 2.23. The maximum Gasteiger partial charge on any atom is 0.0502 e. The van der Waals surface area contributed by atoms with Crippen LogP contribution in [0.4, 0.5) is 0 Å². The van der Waals surface area contributed by atoms with E-state index in [2.05, 4.69) is 0 Å². The van der Waals surface area contributed by atoms with E-state index in [1.807, 2.05) is 31.2 Å². The lowest BCUT2D eigenvalue weighted by Gasteiger charge is -2.29. The van der Waals surface area contributed by atoms with Crippen LogP contribution in [-0.4, -0.2) is 18.3 Å². The molecule has 84 valence electrons.